The topological polar surface area (TPSA) is 67.3 Å². The van der Waals surface area contributed by atoms with Gasteiger partial charge in [-0.3, -0.25) is 4.79 Å². The van der Waals surface area contributed by atoms with E-state index in [0.29, 0.717) is 18.8 Å². The van der Waals surface area contributed by atoms with E-state index in [4.69, 9.17) is 4.74 Å². The molecule has 25 heavy (non-hydrogen) atoms. The number of carbonyl (C=O) groups excluding carboxylic acids is 1. The maximum absolute atomic E-state index is 14.1. The molecule has 0 saturated carbocycles. The summed E-state index contributed by atoms with van der Waals surface area (Å²) in [6, 6.07) is 8.33. The molecule has 0 spiro atoms. The Bertz CT molecular complexity index is 743. The Hall–Kier alpha value is -2.70. The number of amides is 1. The second-order valence-electron chi connectivity index (χ2n) is 6.12. The van der Waals surface area contributed by atoms with Gasteiger partial charge in [0.15, 0.2) is 0 Å². The molecule has 0 atom stereocenters. The third-order valence-corrected chi connectivity index (χ3v) is 4.34. The van der Waals surface area contributed by atoms with Crippen LogP contribution in [-0.2, 0) is 0 Å². The average Bonchev–Trinajstić information content (AvgIpc) is 2.63. The Morgan fingerprint density at radius 2 is 2.00 bits per heavy atom. The lowest BCUT2D eigenvalue weighted by atomic mass is 10.0. The highest BCUT2D eigenvalue weighted by Crippen LogP contribution is 2.21. The summed E-state index contributed by atoms with van der Waals surface area (Å²) in [6.07, 6.45) is 1.55. The minimum Gasteiger partial charge on any atom is -0.497 e. The second-order valence-corrected chi connectivity index (χ2v) is 6.12. The average molecular weight is 344 g/mol. The molecule has 2 aromatic rings. The lowest BCUT2D eigenvalue weighted by Gasteiger charge is -2.32. The van der Waals surface area contributed by atoms with E-state index >= 15 is 0 Å². The van der Waals surface area contributed by atoms with Gasteiger partial charge in [-0.25, -0.2) is 4.39 Å². The molecule has 0 unspecified atom stereocenters. The number of ether oxygens (including phenoxy) is 1. The molecule has 6 nitrogen and oxygen atoms in total. The Morgan fingerprint density at radius 3 is 2.60 bits per heavy atom. The number of rotatable bonds is 4. The first-order chi connectivity index (χ1) is 12.1. The number of halogens is 1. The highest BCUT2D eigenvalue weighted by Gasteiger charge is 2.25. The van der Waals surface area contributed by atoms with Gasteiger partial charge in [0.05, 0.1) is 18.4 Å². The fourth-order valence-corrected chi connectivity index (χ4v) is 2.88. The molecule has 1 N–H and O–H groups in total. The highest BCUT2D eigenvalue weighted by molar-refractivity contribution is 5.94. The van der Waals surface area contributed by atoms with E-state index in [2.05, 4.69) is 15.5 Å². The highest BCUT2D eigenvalue weighted by atomic mass is 19.1. The number of nitrogens with zero attached hydrogens (tertiary/aromatic N) is 3. The van der Waals surface area contributed by atoms with E-state index in [0.717, 1.165) is 24.4 Å². The monoisotopic (exact) mass is 344 g/mol. The number of nitrogens with one attached hydrogen (secondary N) is 1. The predicted molar refractivity (Wildman–Crippen MR) is 92.3 cm³/mol. The predicted octanol–water partition coefficient (Wildman–Crippen LogP) is 2.65. The van der Waals surface area contributed by atoms with Crippen molar-refractivity contribution in [2.24, 2.45) is 0 Å². The van der Waals surface area contributed by atoms with Crippen LogP contribution in [0.5, 0.6) is 5.75 Å². The Balaban J connectivity index is 1.58. The van der Waals surface area contributed by atoms with Crippen molar-refractivity contribution >= 4 is 11.7 Å². The van der Waals surface area contributed by atoms with Crippen LogP contribution >= 0.6 is 0 Å². The zero-order chi connectivity index (χ0) is 17.8. The molecule has 1 fully saturated rings. The van der Waals surface area contributed by atoms with Crippen molar-refractivity contribution < 1.29 is 13.9 Å². The van der Waals surface area contributed by atoms with Crippen molar-refractivity contribution in [2.75, 3.05) is 25.5 Å². The van der Waals surface area contributed by atoms with Crippen LogP contribution in [0.2, 0.25) is 0 Å². The number of hydrogen-bond acceptors (Lipinski definition) is 5. The molecule has 1 aliphatic rings. The minimum absolute atomic E-state index is 0.0802. The first kappa shape index (κ1) is 17.1. The van der Waals surface area contributed by atoms with Crippen LogP contribution in [0.3, 0.4) is 0 Å². The van der Waals surface area contributed by atoms with Crippen LogP contribution in [-0.4, -0.2) is 47.2 Å². The van der Waals surface area contributed by atoms with E-state index in [1.54, 1.807) is 11.0 Å². The molecule has 2 heterocycles. The smallest absolute Gasteiger partial charge is 0.256 e. The molecular formula is C18H21FN4O2. The number of likely N-dealkylation sites (tertiary alicyclic amines) is 1. The van der Waals surface area contributed by atoms with Crippen LogP contribution in [0.1, 0.15) is 28.9 Å². The molecule has 1 aliphatic heterocycles. The molecule has 1 saturated heterocycles. The molecule has 0 radical (unpaired) electrons. The lowest BCUT2D eigenvalue weighted by Crippen LogP contribution is -2.42. The van der Waals surface area contributed by atoms with Crippen molar-refractivity contribution in [3.8, 4) is 5.75 Å². The summed E-state index contributed by atoms with van der Waals surface area (Å²) >= 11 is 0. The maximum Gasteiger partial charge on any atom is 0.256 e. The second kappa shape index (κ2) is 7.46. The van der Waals surface area contributed by atoms with Crippen LogP contribution in [0.15, 0.2) is 30.3 Å². The van der Waals surface area contributed by atoms with E-state index in [1.807, 2.05) is 19.1 Å². The third-order valence-electron chi connectivity index (χ3n) is 4.34. The number of piperidine rings is 1. The lowest BCUT2D eigenvalue weighted by molar-refractivity contribution is 0.0713. The number of anilines is 1. The van der Waals surface area contributed by atoms with Crippen LogP contribution in [0.4, 0.5) is 10.2 Å². The first-order valence-electron chi connectivity index (χ1n) is 8.26. The number of aryl methyl sites for hydroxylation is 1. The largest absolute Gasteiger partial charge is 0.497 e. The molecule has 0 aliphatic carbocycles. The Labute approximate surface area is 146 Å². The third kappa shape index (κ3) is 4.04. The van der Waals surface area contributed by atoms with Gasteiger partial charge in [0.25, 0.3) is 5.91 Å². The summed E-state index contributed by atoms with van der Waals surface area (Å²) < 4.78 is 19.1. The summed E-state index contributed by atoms with van der Waals surface area (Å²) in [5.41, 5.74) is 0.948. The number of benzene rings is 1. The molecular weight excluding hydrogens is 323 g/mol. The van der Waals surface area contributed by atoms with Gasteiger partial charge < -0.3 is 15.0 Å². The van der Waals surface area contributed by atoms with Crippen molar-refractivity contribution in [3.05, 3.63) is 47.4 Å². The Kier molecular flexibility index (Phi) is 5.11. The van der Waals surface area contributed by atoms with Gasteiger partial charge in [-0.15, -0.1) is 5.10 Å². The van der Waals surface area contributed by atoms with Crippen LogP contribution < -0.4 is 10.1 Å². The van der Waals surface area contributed by atoms with Gasteiger partial charge in [-0.2, -0.15) is 5.10 Å². The molecule has 1 amide bonds. The quantitative estimate of drug-likeness (QED) is 0.924. The summed E-state index contributed by atoms with van der Waals surface area (Å²) in [4.78, 5) is 14.2. The van der Waals surface area contributed by atoms with Gasteiger partial charge in [-0.1, -0.05) is 0 Å². The number of carbonyl (C=O) groups is 1. The Morgan fingerprint density at radius 1 is 1.24 bits per heavy atom. The molecule has 1 aromatic carbocycles. The van der Waals surface area contributed by atoms with Crippen molar-refractivity contribution in [1.29, 1.82) is 0 Å². The number of aromatic nitrogens is 2. The van der Waals surface area contributed by atoms with Gasteiger partial charge in [-0.05, 0) is 44.0 Å². The summed E-state index contributed by atoms with van der Waals surface area (Å²) in [6.45, 7) is 3.03. The summed E-state index contributed by atoms with van der Waals surface area (Å²) in [5, 5.41) is 11.5. The molecule has 0 bridgehead atoms. The van der Waals surface area contributed by atoms with Gasteiger partial charge >= 0.3 is 0 Å². The standard InChI is InChI=1S/C18H21FN4O2/c1-12-3-6-17(22-21-12)20-13-7-9-23(10-8-13)18(24)15-5-4-14(25-2)11-16(15)19/h3-6,11,13H,7-10H2,1-2H3,(H,20,22). The molecule has 132 valence electrons. The molecule has 7 heteroatoms. The van der Waals surface area contributed by atoms with E-state index < -0.39 is 5.82 Å². The van der Waals surface area contributed by atoms with E-state index in [1.165, 1.54) is 19.2 Å². The molecule has 1 aromatic heterocycles. The summed E-state index contributed by atoms with van der Waals surface area (Å²) in [5.74, 6) is 0.293. The number of methoxy groups -OCH3 is 1. The van der Waals surface area contributed by atoms with E-state index in [9.17, 15) is 9.18 Å². The fourth-order valence-electron chi connectivity index (χ4n) is 2.88. The normalized spacial score (nSPS) is 15.1. The SMILES string of the molecule is COc1ccc(C(=O)N2CCC(Nc3ccc(C)nn3)CC2)c(F)c1. The van der Waals surface area contributed by atoms with Crippen LogP contribution in [0.25, 0.3) is 0 Å². The van der Waals surface area contributed by atoms with Gasteiger partial charge in [0, 0.05) is 25.2 Å². The van der Waals surface area contributed by atoms with Crippen molar-refractivity contribution in [3.63, 3.8) is 0 Å². The van der Waals surface area contributed by atoms with E-state index in [-0.39, 0.29) is 17.5 Å². The minimum atomic E-state index is -0.556. The first-order valence-corrected chi connectivity index (χ1v) is 8.26. The zero-order valence-electron chi connectivity index (χ0n) is 14.3. The van der Waals surface area contributed by atoms with Crippen molar-refractivity contribution in [2.45, 2.75) is 25.8 Å². The molecule has 3 rings (SSSR count). The summed E-state index contributed by atoms with van der Waals surface area (Å²) in [7, 11) is 1.46. The number of hydrogen-bond donors (Lipinski definition) is 1. The maximum atomic E-state index is 14.1. The fraction of sp³-hybridized carbons (Fsp3) is 0.389. The van der Waals surface area contributed by atoms with Gasteiger partial charge in [0.1, 0.15) is 17.4 Å². The van der Waals surface area contributed by atoms with Gasteiger partial charge in [0.2, 0.25) is 0 Å². The zero-order valence-corrected chi connectivity index (χ0v) is 14.3. The van der Waals surface area contributed by atoms with Crippen molar-refractivity contribution in [1.82, 2.24) is 15.1 Å². The van der Waals surface area contributed by atoms with Crippen LogP contribution in [0, 0.1) is 12.7 Å².